The van der Waals surface area contributed by atoms with Gasteiger partial charge in [0.15, 0.2) is 0 Å². The van der Waals surface area contributed by atoms with E-state index in [2.05, 4.69) is 53.2 Å². The quantitative estimate of drug-likeness (QED) is 0.758. The van der Waals surface area contributed by atoms with E-state index in [1.54, 1.807) is 0 Å². The molecule has 3 nitrogen and oxygen atoms in total. The molecule has 0 saturated heterocycles. The Morgan fingerprint density at radius 3 is 2.55 bits per heavy atom. The Kier molecular flexibility index (Phi) is 3.18. The maximum atomic E-state index is 11.5. The van der Waals surface area contributed by atoms with Crippen LogP contribution in [-0.4, -0.2) is 10.5 Å². The number of benzene rings is 2. The van der Waals surface area contributed by atoms with Crippen LogP contribution in [0.1, 0.15) is 20.3 Å². The van der Waals surface area contributed by atoms with Gasteiger partial charge < -0.3 is 9.88 Å². The number of para-hydroxylation sites is 1. The van der Waals surface area contributed by atoms with Crippen molar-refractivity contribution in [1.82, 2.24) is 4.57 Å². The number of nitrogens with zero attached hydrogens (tertiary/aromatic N) is 1. The van der Waals surface area contributed by atoms with Crippen molar-refractivity contribution in [3.63, 3.8) is 0 Å². The fourth-order valence-corrected chi connectivity index (χ4v) is 2.72. The Morgan fingerprint density at radius 1 is 1.05 bits per heavy atom. The third-order valence-electron chi connectivity index (χ3n) is 3.69. The summed E-state index contributed by atoms with van der Waals surface area (Å²) in [6.07, 6.45) is 0.495. The third-order valence-corrected chi connectivity index (χ3v) is 3.69. The molecule has 0 radical (unpaired) electrons. The predicted octanol–water partition coefficient (Wildman–Crippen LogP) is 4.16. The Hall–Kier alpha value is -2.29. The summed E-state index contributed by atoms with van der Waals surface area (Å²) in [6, 6.07) is 14.5. The average Bonchev–Trinajstić information content (AvgIpc) is 2.80. The number of nitrogens with one attached hydrogen (secondary N) is 1. The smallest absolute Gasteiger partial charge is 0.224 e. The van der Waals surface area contributed by atoms with E-state index in [1.807, 2.05) is 13.0 Å². The van der Waals surface area contributed by atoms with Gasteiger partial charge in [-0.25, -0.2) is 0 Å². The van der Waals surface area contributed by atoms with Crippen molar-refractivity contribution in [2.75, 3.05) is 5.32 Å². The van der Waals surface area contributed by atoms with Crippen LogP contribution < -0.4 is 5.32 Å². The first kappa shape index (κ1) is 12.7. The summed E-state index contributed by atoms with van der Waals surface area (Å²) in [6.45, 7) is 4.94. The zero-order valence-electron chi connectivity index (χ0n) is 11.8. The first-order valence-electron chi connectivity index (χ1n) is 7.05. The zero-order chi connectivity index (χ0) is 14.1. The lowest BCUT2D eigenvalue weighted by atomic mass is 10.1. The van der Waals surface area contributed by atoms with Crippen molar-refractivity contribution in [2.45, 2.75) is 26.8 Å². The van der Waals surface area contributed by atoms with Gasteiger partial charge in [-0.3, -0.25) is 4.79 Å². The molecule has 0 fully saturated rings. The Labute approximate surface area is 118 Å². The van der Waals surface area contributed by atoms with Crippen LogP contribution in [0.5, 0.6) is 0 Å². The molecule has 20 heavy (non-hydrogen) atoms. The molecule has 0 spiro atoms. The summed E-state index contributed by atoms with van der Waals surface area (Å²) in [4.78, 5) is 11.5. The molecule has 0 aliphatic carbocycles. The van der Waals surface area contributed by atoms with E-state index < -0.39 is 0 Å². The van der Waals surface area contributed by atoms with E-state index in [4.69, 9.17) is 0 Å². The molecule has 1 amide bonds. The van der Waals surface area contributed by atoms with Crippen LogP contribution in [-0.2, 0) is 11.3 Å². The Balaban J connectivity index is 2.23. The van der Waals surface area contributed by atoms with E-state index in [0.717, 1.165) is 12.2 Å². The Bertz CT molecular complexity index is 786. The van der Waals surface area contributed by atoms with E-state index in [1.165, 1.54) is 21.8 Å². The van der Waals surface area contributed by atoms with Crippen LogP contribution >= 0.6 is 0 Å². The minimum atomic E-state index is 0.0450. The highest BCUT2D eigenvalue weighted by atomic mass is 16.1. The molecule has 2 aromatic carbocycles. The maximum Gasteiger partial charge on any atom is 0.224 e. The lowest BCUT2D eigenvalue weighted by molar-refractivity contribution is -0.115. The molecule has 0 atom stereocenters. The number of carbonyl (C=O) groups is 1. The van der Waals surface area contributed by atoms with E-state index in [9.17, 15) is 4.79 Å². The van der Waals surface area contributed by atoms with E-state index >= 15 is 0 Å². The van der Waals surface area contributed by atoms with Crippen molar-refractivity contribution in [2.24, 2.45) is 0 Å². The van der Waals surface area contributed by atoms with Crippen LogP contribution in [0.3, 0.4) is 0 Å². The van der Waals surface area contributed by atoms with Gasteiger partial charge in [0.25, 0.3) is 0 Å². The summed E-state index contributed by atoms with van der Waals surface area (Å²) in [5.74, 6) is 0.0450. The number of hydrogen-bond acceptors (Lipinski definition) is 1. The molecular formula is C17H18N2O. The third kappa shape index (κ3) is 1.95. The molecule has 1 aromatic heterocycles. The monoisotopic (exact) mass is 266 g/mol. The van der Waals surface area contributed by atoms with Gasteiger partial charge in [-0.05, 0) is 31.2 Å². The number of anilines is 1. The van der Waals surface area contributed by atoms with Gasteiger partial charge in [0.05, 0.1) is 0 Å². The second kappa shape index (κ2) is 5.00. The van der Waals surface area contributed by atoms with Gasteiger partial charge in [-0.2, -0.15) is 0 Å². The van der Waals surface area contributed by atoms with E-state index in [-0.39, 0.29) is 5.91 Å². The summed E-state index contributed by atoms with van der Waals surface area (Å²) >= 11 is 0. The summed E-state index contributed by atoms with van der Waals surface area (Å²) in [5, 5.41) is 5.35. The standard InChI is InChI=1S/C17H18N2O/c1-3-17(20)18-12-9-10-16-14(11-12)13-7-5-6-8-15(13)19(16)4-2/h5-11H,3-4H2,1-2H3,(H,18,20). The molecule has 0 unspecified atom stereocenters. The molecule has 3 heteroatoms. The number of rotatable bonds is 3. The van der Waals surface area contributed by atoms with Crippen molar-refractivity contribution in [3.8, 4) is 0 Å². The molecule has 0 saturated carbocycles. The van der Waals surface area contributed by atoms with Crippen molar-refractivity contribution >= 4 is 33.4 Å². The zero-order valence-corrected chi connectivity index (χ0v) is 11.8. The number of hydrogen-bond donors (Lipinski definition) is 1. The maximum absolute atomic E-state index is 11.5. The van der Waals surface area contributed by atoms with E-state index in [0.29, 0.717) is 6.42 Å². The molecule has 0 aliphatic heterocycles. The lowest BCUT2D eigenvalue weighted by Gasteiger charge is -2.05. The minimum absolute atomic E-state index is 0.0450. The van der Waals surface area contributed by atoms with Gasteiger partial charge in [0.1, 0.15) is 0 Å². The second-order valence-electron chi connectivity index (χ2n) is 4.90. The number of carbonyl (C=O) groups excluding carboxylic acids is 1. The summed E-state index contributed by atoms with van der Waals surface area (Å²) in [7, 11) is 0. The first-order valence-corrected chi connectivity index (χ1v) is 7.05. The highest BCUT2D eigenvalue weighted by molar-refractivity contribution is 6.09. The molecule has 3 rings (SSSR count). The molecule has 1 heterocycles. The number of aryl methyl sites for hydroxylation is 1. The Morgan fingerprint density at radius 2 is 1.80 bits per heavy atom. The largest absolute Gasteiger partial charge is 0.341 e. The SMILES string of the molecule is CCC(=O)Nc1ccc2c(c1)c1ccccc1n2CC. The van der Waals surface area contributed by atoms with Crippen LogP contribution in [0, 0.1) is 0 Å². The van der Waals surface area contributed by atoms with Crippen LogP contribution in [0.15, 0.2) is 42.5 Å². The number of amides is 1. The number of fused-ring (bicyclic) bond motifs is 3. The van der Waals surface area contributed by atoms with Gasteiger partial charge in [-0.1, -0.05) is 25.1 Å². The summed E-state index contributed by atoms with van der Waals surface area (Å²) < 4.78 is 2.30. The topological polar surface area (TPSA) is 34.0 Å². The van der Waals surface area contributed by atoms with Crippen molar-refractivity contribution in [1.29, 1.82) is 0 Å². The second-order valence-corrected chi connectivity index (χ2v) is 4.90. The molecule has 102 valence electrons. The van der Waals surface area contributed by atoms with Crippen molar-refractivity contribution in [3.05, 3.63) is 42.5 Å². The summed E-state index contributed by atoms with van der Waals surface area (Å²) in [5.41, 5.74) is 3.32. The van der Waals surface area contributed by atoms with Crippen LogP contribution in [0.2, 0.25) is 0 Å². The van der Waals surface area contributed by atoms with Crippen LogP contribution in [0.4, 0.5) is 5.69 Å². The predicted molar refractivity (Wildman–Crippen MR) is 84.0 cm³/mol. The van der Waals surface area contributed by atoms with Gasteiger partial charge in [0.2, 0.25) is 5.91 Å². The van der Waals surface area contributed by atoms with Gasteiger partial charge >= 0.3 is 0 Å². The molecule has 3 aromatic rings. The normalized spacial score (nSPS) is 11.1. The van der Waals surface area contributed by atoms with Crippen LogP contribution in [0.25, 0.3) is 21.8 Å². The number of aromatic nitrogens is 1. The highest BCUT2D eigenvalue weighted by Crippen LogP contribution is 2.30. The first-order chi connectivity index (χ1) is 9.74. The van der Waals surface area contributed by atoms with Gasteiger partial charge in [-0.15, -0.1) is 0 Å². The highest BCUT2D eigenvalue weighted by Gasteiger charge is 2.10. The molecule has 0 bridgehead atoms. The molecule has 1 N–H and O–H groups in total. The molecular weight excluding hydrogens is 248 g/mol. The lowest BCUT2D eigenvalue weighted by Crippen LogP contribution is -2.09. The average molecular weight is 266 g/mol. The minimum Gasteiger partial charge on any atom is -0.341 e. The van der Waals surface area contributed by atoms with Gasteiger partial charge in [0, 0.05) is 40.5 Å². The fourth-order valence-electron chi connectivity index (χ4n) is 2.72. The van der Waals surface area contributed by atoms with Crippen molar-refractivity contribution < 1.29 is 4.79 Å². The molecule has 0 aliphatic rings. The fraction of sp³-hybridized carbons (Fsp3) is 0.235.